The van der Waals surface area contributed by atoms with Crippen LogP contribution in [-0.2, 0) is 12.1 Å². The van der Waals surface area contributed by atoms with Crippen LogP contribution >= 0.6 is 0 Å². The molecular weight excluding hydrogens is 301 g/mol. The average Bonchev–Trinajstić information content (AvgIpc) is 2.65. The van der Waals surface area contributed by atoms with Crippen LogP contribution in [0, 0.1) is 5.82 Å². The number of nitrogens with two attached hydrogens (primary N) is 1. The highest BCUT2D eigenvalue weighted by molar-refractivity contribution is 5.35. The van der Waals surface area contributed by atoms with Gasteiger partial charge in [-0.15, -0.1) is 0 Å². The first-order valence-corrected chi connectivity index (χ1v) is 8.08. The van der Waals surface area contributed by atoms with Crippen LogP contribution in [0.25, 0.3) is 0 Å². The Morgan fingerprint density at radius 3 is 1.75 bits per heavy atom. The summed E-state index contributed by atoms with van der Waals surface area (Å²) in [4.78, 5) is 0. The number of benzene rings is 3. The molecule has 0 aliphatic heterocycles. The summed E-state index contributed by atoms with van der Waals surface area (Å²) in [6.07, 6.45) is 0. The molecule has 3 rings (SSSR count). The first-order chi connectivity index (χ1) is 11.7. The molecule has 0 unspecified atom stereocenters. The van der Waals surface area contributed by atoms with Crippen LogP contribution in [0.15, 0.2) is 84.9 Å². The summed E-state index contributed by atoms with van der Waals surface area (Å²) in [5, 5.41) is 13.4. The second-order valence-corrected chi connectivity index (χ2v) is 5.92. The summed E-state index contributed by atoms with van der Waals surface area (Å²) >= 11 is 0. The summed E-state index contributed by atoms with van der Waals surface area (Å²) in [6.45, 7) is 1.17. The average molecular weight is 322 g/mol. The lowest BCUT2D eigenvalue weighted by molar-refractivity contribution is -0.682. The van der Waals surface area contributed by atoms with E-state index in [0.717, 1.165) is 16.7 Å². The Bertz CT molecular complexity index is 717. The van der Waals surface area contributed by atoms with Crippen molar-refractivity contribution >= 4 is 0 Å². The van der Waals surface area contributed by atoms with Crippen molar-refractivity contribution in [3.05, 3.63) is 107 Å². The third-order valence-corrected chi connectivity index (χ3v) is 4.24. The Kier molecular flexibility index (Phi) is 5.04. The van der Waals surface area contributed by atoms with Crippen LogP contribution in [0.4, 0.5) is 4.39 Å². The van der Waals surface area contributed by atoms with Crippen LogP contribution in [0.3, 0.4) is 0 Å². The van der Waals surface area contributed by atoms with Crippen LogP contribution in [-0.4, -0.2) is 11.7 Å². The van der Waals surface area contributed by atoms with Crippen molar-refractivity contribution in [1.29, 1.82) is 0 Å². The number of halogens is 1. The van der Waals surface area contributed by atoms with E-state index in [-0.39, 0.29) is 5.82 Å². The minimum absolute atomic E-state index is 0.233. The largest absolute Gasteiger partial charge is 0.375 e. The smallest absolute Gasteiger partial charge is 0.163 e. The van der Waals surface area contributed by atoms with E-state index in [1.54, 1.807) is 12.1 Å². The van der Waals surface area contributed by atoms with Crippen molar-refractivity contribution in [2.75, 3.05) is 6.54 Å². The number of quaternary nitrogens is 1. The Morgan fingerprint density at radius 2 is 1.25 bits per heavy atom. The molecule has 3 aromatic rings. The van der Waals surface area contributed by atoms with Gasteiger partial charge in [0.25, 0.3) is 0 Å². The van der Waals surface area contributed by atoms with Crippen molar-refractivity contribution < 1.29 is 14.8 Å². The lowest BCUT2D eigenvalue weighted by atomic mass is 9.86. The van der Waals surface area contributed by atoms with Crippen LogP contribution in [0.5, 0.6) is 0 Å². The zero-order valence-corrected chi connectivity index (χ0v) is 13.4. The molecule has 0 aliphatic carbocycles. The van der Waals surface area contributed by atoms with E-state index in [9.17, 15) is 9.50 Å². The van der Waals surface area contributed by atoms with Gasteiger partial charge < -0.3 is 10.4 Å². The minimum Gasteiger partial charge on any atom is -0.375 e. The highest BCUT2D eigenvalue weighted by atomic mass is 19.1. The van der Waals surface area contributed by atoms with Crippen LogP contribution in [0.2, 0.25) is 0 Å². The van der Waals surface area contributed by atoms with Gasteiger partial charge in [0, 0.05) is 5.56 Å². The monoisotopic (exact) mass is 322 g/mol. The summed E-state index contributed by atoms with van der Waals surface area (Å²) in [6, 6.07) is 25.9. The Balaban J connectivity index is 1.79. The molecule has 0 heterocycles. The van der Waals surface area contributed by atoms with Crippen LogP contribution in [0.1, 0.15) is 16.7 Å². The molecule has 0 saturated carbocycles. The highest BCUT2D eigenvalue weighted by Crippen LogP contribution is 2.27. The van der Waals surface area contributed by atoms with Gasteiger partial charge >= 0.3 is 0 Å². The van der Waals surface area contributed by atoms with Gasteiger partial charge in [-0.3, -0.25) is 0 Å². The van der Waals surface area contributed by atoms with Gasteiger partial charge in [-0.2, -0.15) is 0 Å². The zero-order chi connectivity index (χ0) is 16.8. The lowest BCUT2D eigenvalue weighted by Crippen LogP contribution is -2.86. The molecule has 0 atom stereocenters. The molecule has 2 nitrogen and oxygen atoms in total. The van der Waals surface area contributed by atoms with E-state index in [1.165, 1.54) is 12.1 Å². The van der Waals surface area contributed by atoms with Gasteiger partial charge in [-0.05, 0) is 23.3 Å². The molecule has 3 heteroatoms. The van der Waals surface area contributed by atoms with Gasteiger partial charge in [0.2, 0.25) is 0 Å². The second kappa shape index (κ2) is 7.39. The second-order valence-electron chi connectivity index (χ2n) is 5.92. The lowest BCUT2D eigenvalue weighted by Gasteiger charge is -2.27. The van der Waals surface area contributed by atoms with E-state index in [4.69, 9.17) is 0 Å². The van der Waals surface area contributed by atoms with Crippen LogP contribution < -0.4 is 5.32 Å². The van der Waals surface area contributed by atoms with Gasteiger partial charge in [-0.1, -0.05) is 72.8 Å². The summed E-state index contributed by atoms with van der Waals surface area (Å²) in [5.74, 6) is -0.233. The Labute approximate surface area is 141 Å². The van der Waals surface area contributed by atoms with E-state index >= 15 is 0 Å². The molecule has 3 aromatic carbocycles. The summed E-state index contributed by atoms with van der Waals surface area (Å²) < 4.78 is 13.0. The van der Waals surface area contributed by atoms with Crippen molar-refractivity contribution in [2.24, 2.45) is 0 Å². The molecule has 0 amide bonds. The molecule has 24 heavy (non-hydrogen) atoms. The van der Waals surface area contributed by atoms with Gasteiger partial charge in [0.1, 0.15) is 18.9 Å². The van der Waals surface area contributed by atoms with Crippen molar-refractivity contribution in [3.63, 3.8) is 0 Å². The Hall–Kier alpha value is -2.49. The molecule has 3 N–H and O–H groups in total. The van der Waals surface area contributed by atoms with E-state index in [0.29, 0.717) is 13.1 Å². The predicted molar refractivity (Wildman–Crippen MR) is 92.8 cm³/mol. The minimum atomic E-state index is -1.07. The Morgan fingerprint density at radius 1 is 0.750 bits per heavy atom. The molecule has 0 bridgehead atoms. The third kappa shape index (κ3) is 3.70. The quantitative estimate of drug-likeness (QED) is 0.719. The van der Waals surface area contributed by atoms with Gasteiger partial charge in [-0.25, -0.2) is 4.39 Å². The summed E-state index contributed by atoms with van der Waals surface area (Å²) in [7, 11) is 0. The van der Waals surface area contributed by atoms with E-state index in [2.05, 4.69) is 0 Å². The first kappa shape index (κ1) is 16.4. The summed E-state index contributed by atoms with van der Waals surface area (Å²) in [5.41, 5.74) is 1.70. The maximum Gasteiger partial charge on any atom is 0.163 e. The van der Waals surface area contributed by atoms with Gasteiger partial charge in [0.15, 0.2) is 5.60 Å². The predicted octanol–water partition coefficient (Wildman–Crippen LogP) is 2.83. The number of aliphatic hydroxyl groups is 1. The van der Waals surface area contributed by atoms with Crippen molar-refractivity contribution in [3.8, 4) is 0 Å². The molecule has 0 fully saturated rings. The van der Waals surface area contributed by atoms with E-state index in [1.807, 2.05) is 66.0 Å². The van der Waals surface area contributed by atoms with Crippen molar-refractivity contribution in [1.82, 2.24) is 0 Å². The number of rotatable bonds is 6. The standard InChI is InChI=1S/C21H20FNO/c22-20-13-11-17(12-14-20)15-23-16-21(24,18-7-3-1-4-8-18)19-9-5-2-6-10-19/h1-14,23-24H,15-16H2/p+1. The number of hydrogen-bond donors (Lipinski definition) is 2. The van der Waals surface area contributed by atoms with Gasteiger partial charge in [0.05, 0.1) is 0 Å². The molecule has 0 aromatic heterocycles. The SMILES string of the molecule is OC(C[NH2+]Cc1ccc(F)cc1)(c1ccccc1)c1ccccc1. The maximum absolute atomic E-state index is 13.0. The first-order valence-electron chi connectivity index (χ1n) is 8.08. The van der Waals surface area contributed by atoms with E-state index < -0.39 is 5.60 Å². The third-order valence-electron chi connectivity index (χ3n) is 4.24. The maximum atomic E-state index is 13.0. The molecular formula is C21H21FNO+. The number of hydrogen-bond acceptors (Lipinski definition) is 1. The molecule has 122 valence electrons. The fourth-order valence-corrected chi connectivity index (χ4v) is 2.90. The molecule has 0 spiro atoms. The van der Waals surface area contributed by atoms with Crippen molar-refractivity contribution in [2.45, 2.75) is 12.1 Å². The fraction of sp³-hybridized carbons (Fsp3) is 0.143. The molecule has 0 saturated heterocycles. The molecule has 0 aliphatic rings. The normalized spacial score (nSPS) is 11.4. The zero-order valence-electron chi connectivity index (χ0n) is 13.4. The fourth-order valence-electron chi connectivity index (χ4n) is 2.90. The topological polar surface area (TPSA) is 36.8 Å². The molecule has 0 radical (unpaired) electrons. The highest BCUT2D eigenvalue weighted by Gasteiger charge is 2.33.